The first kappa shape index (κ1) is 18.0. The zero-order chi connectivity index (χ0) is 18.7. The summed E-state index contributed by atoms with van der Waals surface area (Å²) in [6.45, 7) is 4.84. The monoisotopic (exact) mass is 357 g/mol. The highest BCUT2D eigenvalue weighted by atomic mass is 16.5. The van der Waals surface area contributed by atoms with E-state index in [1.165, 1.54) is 0 Å². The van der Waals surface area contributed by atoms with Crippen LogP contribution in [0.25, 0.3) is 10.8 Å². The van der Waals surface area contributed by atoms with Crippen molar-refractivity contribution in [3.63, 3.8) is 0 Å². The summed E-state index contributed by atoms with van der Waals surface area (Å²) < 4.78 is 11.6. The van der Waals surface area contributed by atoms with E-state index in [9.17, 15) is 9.59 Å². The molecule has 26 heavy (non-hydrogen) atoms. The summed E-state index contributed by atoms with van der Waals surface area (Å²) in [6, 6.07) is 5.23. The van der Waals surface area contributed by atoms with Crippen LogP contribution in [-0.4, -0.2) is 36.1 Å². The van der Waals surface area contributed by atoms with E-state index in [1.54, 1.807) is 24.4 Å². The zero-order valence-electron chi connectivity index (χ0n) is 15.0. The van der Waals surface area contributed by atoms with Gasteiger partial charge in [-0.1, -0.05) is 0 Å². The Hall–Kier alpha value is -2.83. The van der Waals surface area contributed by atoms with Gasteiger partial charge >= 0.3 is 0 Å². The highest BCUT2D eigenvalue weighted by Gasteiger charge is 2.21. The number of pyridine rings is 1. The lowest BCUT2D eigenvalue weighted by Gasteiger charge is -2.22. The van der Waals surface area contributed by atoms with Gasteiger partial charge in [-0.05, 0) is 43.9 Å². The number of nitrogens with one attached hydrogen (secondary N) is 1. The van der Waals surface area contributed by atoms with Crippen molar-refractivity contribution in [1.82, 2.24) is 10.3 Å². The molecule has 2 aromatic rings. The van der Waals surface area contributed by atoms with Gasteiger partial charge < -0.3 is 20.5 Å². The molecule has 1 aliphatic rings. The summed E-state index contributed by atoms with van der Waals surface area (Å²) in [5.74, 6) is 0.537. The van der Waals surface area contributed by atoms with Gasteiger partial charge in [0.15, 0.2) is 0 Å². The number of amides is 2. The molecule has 0 radical (unpaired) electrons. The van der Waals surface area contributed by atoms with E-state index < -0.39 is 5.91 Å². The van der Waals surface area contributed by atoms with Crippen molar-refractivity contribution in [2.45, 2.75) is 32.8 Å². The summed E-state index contributed by atoms with van der Waals surface area (Å²) in [4.78, 5) is 27.6. The van der Waals surface area contributed by atoms with E-state index in [2.05, 4.69) is 10.3 Å². The molecule has 2 amide bonds. The minimum Gasteiger partial charge on any atom is -0.490 e. The molecule has 1 saturated heterocycles. The second kappa shape index (κ2) is 7.59. The number of aromatic nitrogens is 1. The van der Waals surface area contributed by atoms with Gasteiger partial charge in [-0.15, -0.1) is 0 Å². The number of hydrogen-bond donors (Lipinski definition) is 2. The Morgan fingerprint density at radius 1 is 1.42 bits per heavy atom. The summed E-state index contributed by atoms with van der Waals surface area (Å²) in [5.41, 5.74) is 5.81. The van der Waals surface area contributed by atoms with Crippen molar-refractivity contribution >= 4 is 22.6 Å². The normalized spacial score (nSPS) is 17.2. The third-order valence-electron chi connectivity index (χ3n) is 4.26. The number of carbonyl (C=O) groups is 2. The average molecular weight is 357 g/mol. The number of nitrogens with zero attached hydrogens (tertiary/aromatic N) is 1. The smallest absolute Gasteiger partial charge is 0.252 e. The van der Waals surface area contributed by atoms with Gasteiger partial charge in [-0.25, -0.2) is 4.98 Å². The molecule has 0 unspecified atom stereocenters. The fraction of sp³-hybridized carbons (Fsp3) is 0.421. The Morgan fingerprint density at radius 3 is 2.92 bits per heavy atom. The Bertz CT molecular complexity index is 835. The maximum absolute atomic E-state index is 11.8. The first-order chi connectivity index (χ1) is 12.4. The van der Waals surface area contributed by atoms with Gasteiger partial charge in [0, 0.05) is 30.5 Å². The maximum atomic E-state index is 11.8. The SMILES string of the molecule is CC(C)Oc1cc2c(OC[C@H]3CCNC(=O)C3)nccc2cc1C(N)=O. The molecule has 1 atom stereocenters. The quantitative estimate of drug-likeness (QED) is 0.823. The van der Waals surface area contributed by atoms with Gasteiger partial charge in [0.05, 0.1) is 18.3 Å². The van der Waals surface area contributed by atoms with Crippen LogP contribution in [-0.2, 0) is 4.79 Å². The van der Waals surface area contributed by atoms with Gasteiger partial charge in [-0.3, -0.25) is 9.59 Å². The molecule has 0 aliphatic carbocycles. The molecule has 0 spiro atoms. The van der Waals surface area contributed by atoms with E-state index >= 15 is 0 Å². The van der Waals surface area contributed by atoms with Crippen LogP contribution in [0.3, 0.4) is 0 Å². The largest absolute Gasteiger partial charge is 0.490 e. The maximum Gasteiger partial charge on any atom is 0.252 e. The van der Waals surface area contributed by atoms with Crippen LogP contribution in [0, 0.1) is 5.92 Å². The molecular formula is C19H23N3O4. The highest BCUT2D eigenvalue weighted by molar-refractivity contribution is 6.01. The number of rotatable bonds is 6. The van der Waals surface area contributed by atoms with E-state index in [1.807, 2.05) is 13.8 Å². The molecule has 1 aromatic carbocycles. The Kier molecular flexibility index (Phi) is 5.25. The molecule has 2 heterocycles. The number of hydrogen-bond acceptors (Lipinski definition) is 5. The molecule has 1 aliphatic heterocycles. The number of primary amides is 1. The van der Waals surface area contributed by atoms with Crippen LogP contribution in [0.5, 0.6) is 11.6 Å². The predicted molar refractivity (Wildman–Crippen MR) is 97.3 cm³/mol. The van der Waals surface area contributed by atoms with Crippen molar-refractivity contribution < 1.29 is 19.1 Å². The average Bonchev–Trinajstić information content (AvgIpc) is 2.59. The van der Waals surface area contributed by atoms with Crippen LogP contribution in [0.15, 0.2) is 24.4 Å². The van der Waals surface area contributed by atoms with Crippen molar-refractivity contribution in [2.75, 3.05) is 13.2 Å². The topological polar surface area (TPSA) is 104 Å². The highest BCUT2D eigenvalue weighted by Crippen LogP contribution is 2.31. The second-order valence-electron chi connectivity index (χ2n) is 6.74. The second-order valence-corrected chi connectivity index (χ2v) is 6.74. The number of ether oxygens (including phenoxy) is 2. The van der Waals surface area contributed by atoms with E-state index in [0.717, 1.165) is 17.2 Å². The number of piperidine rings is 1. The lowest BCUT2D eigenvalue weighted by molar-refractivity contribution is -0.123. The summed E-state index contributed by atoms with van der Waals surface area (Å²) in [5, 5.41) is 4.35. The molecule has 1 aromatic heterocycles. The standard InChI is InChI=1S/C19H23N3O4/c1-11(2)26-16-9-14-13(8-15(16)18(20)24)4-6-22-19(14)25-10-12-3-5-21-17(23)7-12/h4,6,8-9,11-12H,3,5,7,10H2,1-2H3,(H2,20,24)(H,21,23)/t12-/m0/s1. The first-order valence-corrected chi connectivity index (χ1v) is 8.72. The molecule has 7 heteroatoms. The third-order valence-corrected chi connectivity index (χ3v) is 4.26. The van der Waals surface area contributed by atoms with E-state index in [-0.39, 0.29) is 17.9 Å². The molecule has 7 nitrogen and oxygen atoms in total. The lowest BCUT2D eigenvalue weighted by atomic mass is 9.99. The third kappa shape index (κ3) is 4.04. The Labute approximate surface area is 151 Å². The molecule has 3 N–H and O–H groups in total. The first-order valence-electron chi connectivity index (χ1n) is 8.72. The fourth-order valence-corrected chi connectivity index (χ4v) is 3.02. The number of fused-ring (bicyclic) bond motifs is 1. The number of nitrogens with two attached hydrogens (primary N) is 1. The van der Waals surface area contributed by atoms with Crippen molar-refractivity contribution in [3.05, 3.63) is 30.0 Å². The van der Waals surface area contributed by atoms with Crippen molar-refractivity contribution in [2.24, 2.45) is 11.7 Å². The predicted octanol–water partition coefficient (Wildman–Crippen LogP) is 2.03. The molecule has 0 saturated carbocycles. The number of carbonyl (C=O) groups excluding carboxylic acids is 2. The number of benzene rings is 1. The molecule has 3 rings (SSSR count). The molecule has 1 fully saturated rings. The van der Waals surface area contributed by atoms with E-state index in [0.29, 0.717) is 36.8 Å². The van der Waals surface area contributed by atoms with Gasteiger partial charge in [0.1, 0.15) is 5.75 Å². The van der Waals surface area contributed by atoms with Crippen molar-refractivity contribution in [1.29, 1.82) is 0 Å². The minimum atomic E-state index is -0.546. The zero-order valence-corrected chi connectivity index (χ0v) is 15.0. The molecule has 138 valence electrons. The molecule has 0 bridgehead atoms. The van der Waals surface area contributed by atoms with Crippen molar-refractivity contribution in [3.8, 4) is 11.6 Å². The Morgan fingerprint density at radius 2 is 2.23 bits per heavy atom. The van der Waals surface area contributed by atoms with Gasteiger partial charge in [0.2, 0.25) is 11.8 Å². The fourth-order valence-electron chi connectivity index (χ4n) is 3.02. The lowest BCUT2D eigenvalue weighted by Crippen LogP contribution is -2.35. The van der Waals surface area contributed by atoms with E-state index in [4.69, 9.17) is 15.2 Å². The summed E-state index contributed by atoms with van der Waals surface area (Å²) in [6.07, 6.45) is 2.86. The van der Waals surface area contributed by atoms with Crippen LogP contribution >= 0.6 is 0 Å². The van der Waals surface area contributed by atoms with Gasteiger partial charge in [0.25, 0.3) is 5.91 Å². The molecular weight excluding hydrogens is 334 g/mol. The van der Waals surface area contributed by atoms with Gasteiger partial charge in [-0.2, -0.15) is 0 Å². The van der Waals surface area contributed by atoms with Crippen LogP contribution in [0.4, 0.5) is 0 Å². The Balaban J connectivity index is 1.90. The summed E-state index contributed by atoms with van der Waals surface area (Å²) >= 11 is 0. The van der Waals surface area contributed by atoms with Crippen LogP contribution in [0.1, 0.15) is 37.0 Å². The summed E-state index contributed by atoms with van der Waals surface area (Å²) in [7, 11) is 0. The van der Waals surface area contributed by atoms with Crippen LogP contribution in [0.2, 0.25) is 0 Å². The van der Waals surface area contributed by atoms with Crippen LogP contribution < -0.4 is 20.5 Å². The minimum absolute atomic E-state index is 0.0504.